The number of rotatable bonds is 0. The lowest BCUT2D eigenvalue weighted by atomic mass is 10.1. The highest BCUT2D eigenvalue weighted by Gasteiger charge is 2.26. The first-order valence-electron chi connectivity index (χ1n) is 5.35. The van der Waals surface area contributed by atoms with Crippen molar-refractivity contribution in [3.05, 3.63) is 53.7 Å². The normalized spacial score (nSPS) is 12.3. The van der Waals surface area contributed by atoms with Crippen LogP contribution in [0.3, 0.4) is 0 Å². The van der Waals surface area contributed by atoms with Crippen LogP contribution in [0, 0.1) is 0 Å². The fourth-order valence-electron chi connectivity index (χ4n) is 2.76. The van der Waals surface area contributed by atoms with Crippen LogP contribution in [0.15, 0.2) is 42.8 Å². The molecule has 0 aliphatic heterocycles. The maximum Gasteiger partial charge on any atom is 0.194 e. The SMILES string of the molecule is O=c1c2cc(Br)cc3c2-c2c1cc(Br)cc2c3=O. The van der Waals surface area contributed by atoms with E-state index in [1.807, 2.05) is 0 Å². The minimum absolute atomic E-state index is 0.00222. The third-order valence-electron chi connectivity index (χ3n) is 3.43. The van der Waals surface area contributed by atoms with E-state index in [0.29, 0.717) is 21.5 Å². The predicted molar refractivity (Wildman–Crippen MR) is 79.6 cm³/mol. The van der Waals surface area contributed by atoms with Crippen LogP contribution >= 0.6 is 31.9 Å². The Morgan fingerprint density at radius 2 is 0.889 bits per heavy atom. The summed E-state index contributed by atoms with van der Waals surface area (Å²) in [5.41, 5.74) is 1.62. The van der Waals surface area contributed by atoms with Crippen LogP contribution in [0.4, 0.5) is 0 Å². The molecule has 18 heavy (non-hydrogen) atoms. The van der Waals surface area contributed by atoms with E-state index in [9.17, 15) is 9.59 Å². The van der Waals surface area contributed by atoms with E-state index in [-0.39, 0.29) is 10.9 Å². The van der Waals surface area contributed by atoms with Gasteiger partial charge in [0.2, 0.25) is 0 Å². The molecule has 0 bridgehead atoms. The second kappa shape index (κ2) is 3.19. The monoisotopic (exact) mass is 362 g/mol. The molecule has 4 rings (SSSR count). The summed E-state index contributed by atoms with van der Waals surface area (Å²) in [5.74, 6) is 0. The van der Waals surface area contributed by atoms with Gasteiger partial charge in [-0.1, -0.05) is 31.9 Å². The molecule has 0 unspecified atom stereocenters. The first kappa shape index (κ1) is 10.6. The summed E-state index contributed by atoms with van der Waals surface area (Å²) in [7, 11) is 0. The molecular formula is C14H4Br2O2. The highest BCUT2D eigenvalue weighted by molar-refractivity contribution is 9.10. The van der Waals surface area contributed by atoms with Gasteiger partial charge in [0, 0.05) is 41.6 Å². The van der Waals surface area contributed by atoms with Crippen molar-refractivity contribution in [2.45, 2.75) is 0 Å². The van der Waals surface area contributed by atoms with Crippen molar-refractivity contribution in [3.8, 4) is 11.1 Å². The molecule has 0 spiro atoms. The molecule has 0 N–H and O–H groups in total. The van der Waals surface area contributed by atoms with E-state index in [4.69, 9.17) is 0 Å². The van der Waals surface area contributed by atoms with Gasteiger partial charge >= 0.3 is 0 Å². The van der Waals surface area contributed by atoms with Crippen molar-refractivity contribution >= 4 is 53.4 Å². The molecular weight excluding hydrogens is 360 g/mol. The molecule has 4 heteroatoms. The standard InChI is InChI=1S/C14H4Br2O2/c15-5-1-7-11-8(2-5)14(18)10-4-6(16)3-9(12(10)11)13(7)17/h1-4H. The first-order chi connectivity index (χ1) is 8.58. The first-order valence-corrected chi connectivity index (χ1v) is 6.93. The zero-order valence-corrected chi connectivity index (χ0v) is 12.1. The van der Waals surface area contributed by atoms with Gasteiger partial charge < -0.3 is 0 Å². The number of benzene rings is 2. The average molecular weight is 364 g/mol. The fourth-order valence-corrected chi connectivity index (χ4v) is 3.67. The predicted octanol–water partition coefficient (Wildman–Crippen LogP) is 3.66. The third-order valence-corrected chi connectivity index (χ3v) is 4.35. The molecule has 0 fully saturated rings. The summed E-state index contributed by atoms with van der Waals surface area (Å²) < 4.78 is 1.53. The van der Waals surface area contributed by atoms with Crippen LogP contribution in [0.5, 0.6) is 0 Å². The molecule has 0 atom stereocenters. The lowest BCUT2D eigenvalue weighted by Crippen LogP contribution is -1.99. The Balaban J connectivity index is 2.53. The van der Waals surface area contributed by atoms with E-state index >= 15 is 0 Å². The van der Waals surface area contributed by atoms with E-state index in [0.717, 1.165) is 20.1 Å². The Hall–Kier alpha value is -1.26. The van der Waals surface area contributed by atoms with Crippen LogP contribution in [-0.2, 0) is 0 Å². The van der Waals surface area contributed by atoms with E-state index in [1.165, 1.54) is 0 Å². The van der Waals surface area contributed by atoms with Gasteiger partial charge in [0.05, 0.1) is 0 Å². The Morgan fingerprint density at radius 1 is 0.611 bits per heavy atom. The zero-order chi connectivity index (χ0) is 12.6. The van der Waals surface area contributed by atoms with Gasteiger partial charge in [0.25, 0.3) is 0 Å². The third kappa shape index (κ3) is 1.08. The van der Waals surface area contributed by atoms with Crippen LogP contribution in [0.1, 0.15) is 0 Å². The Bertz CT molecular complexity index is 830. The van der Waals surface area contributed by atoms with Gasteiger partial charge in [0.1, 0.15) is 0 Å². The summed E-state index contributed by atoms with van der Waals surface area (Å²) in [4.78, 5) is 24.7. The summed E-state index contributed by atoms with van der Waals surface area (Å²) in [6.45, 7) is 0. The largest absolute Gasteiger partial charge is 0.289 e. The second-order valence-electron chi connectivity index (χ2n) is 4.41. The molecule has 0 radical (unpaired) electrons. The Labute approximate surface area is 118 Å². The molecule has 0 saturated carbocycles. The Kier molecular flexibility index (Phi) is 1.89. The molecule has 2 aromatic carbocycles. The van der Waals surface area contributed by atoms with E-state index in [2.05, 4.69) is 31.9 Å². The van der Waals surface area contributed by atoms with Crippen molar-refractivity contribution in [1.82, 2.24) is 0 Å². The fraction of sp³-hybridized carbons (Fsp3) is 0. The van der Waals surface area contributed by atoms with Crippen molar-refractivity contribution < 1.29 is 0 Å². The highest BCUT2D eigenvalue weighted by Crippen LogP contribution is 2.41. The molecule has 2 aromatic rings. The second-order valence-corrected chi connectivity index (χ2v) is 6.24. The van der Waals surface area contributed by atoms with E-state index < -0.39 is 0 Å². The summed E-state index contributed by atoms with van der Waals surface area (Å²) in [6, 6.07) is 7.16. The minimum Gasteiger partial charge on any atom is -0.289 e. The van der Waals surface area contributed by atoms with Gasteiger partial charge in [-0.3, -0.25) is 9.59 Å². The topological polar surface area (TPSA) is 34.1 Å². The molecule has 0 amide bonds. The lowest BCUT2D eigenvalue weighted by Gasteiger charge is -1.97. The smallest absolute Gasteiger partial charge is 0.194 e. The maximum atomic E-state index is 12.3. The molecule has 2 aliphatic rings. The quantitative estimate of drug-likeness (QED) is 0.477. The van der Waals surface area contributed by atoms with Gasteiger partial charge in [-0.05, 0) is 24.3 Å². The zero-order valence-electron chi connectivity index (χ0n) is 8.88. The van der Waals surface area contributed by atoms with Crippen LogP contribution in [-0.4, -0.2) is 0 Å². The van der Waals surface area contributed by atoms with E-state index in [1.54, 1.807) is 24.3 Å². The molecule has 2 aliphatic carbocycles. The lowest BCUT2D eigenvalue weighted by molar-refractivity contribution is 1.70. The summed E-state index contributed by atoms with van der Waals surface area (Å²) in [5, 5.41) is 2.50. The summed E-state index contributed by atoms with van der Waals surface area (Å²) >= 11 is 6.71. The van der Waals surface area contributed by atoms with Crippen molar-refractivity contribution in [1.29, 1.82) is 0 Å². The van der Waals surface area contributed by atoms with Crippen molar-refractivity contribution in [3.63, 3.8) is 0 Å². The molecule has 0 heterocycles. The maximum absolute atomic E-state index is 12.3. The van der Waals surface area contributed by atoms with Gasteiger partial charge in [0.15, 0.2) is 10.9 Å². The van der Waals surface area contributed by atoms with Crippen LogP contribution in [0.2, 0.25) is 0 Å². The van der Waals surface area contributed by atoms with Crippen LogP contribution < -0.4 is 10.9 Å². The molecule has 86 valence electrons. The van der Waals surface area contributed by atoms with Gasteiger partial charge in [-0.25, -0.2) is 0 Å². The van der Waals surface area contributed by atoms with Crippen molar-refractivity contribution in [2.24, 2.45) is 0 Å². The average Bonchev–Trinajstić information content (AvgIpc) is 2.75. The summed E-state index contributed by atoms with van der Waals surface area (Å²) in [6.07, 6.45) is 0. The molecule has 0 aromatic heterocycles. The Morgan fingerprint density at radius 3 is 1.17 bits per heavy atom. The van der Waals surface area contributed by atoms with Gasteiger partial charge in [-0.15, -0.1) is 0 Å². The number of halogens is 2. The number of hydrogen-bond acceptors (Lipinski definition) is 2. The molecule has 2 nitrogen and oxygen atoms in total. The van der Waals surface area contributed by atoms with Crippen molar-refractivity contribution in [2.75, 3.05) is 0 Å². The minimum atomic E-state index is -0.00222. The van der Waals surface area contributed by atoms with Crippen LogP contribution in [0.25, 0.3) is 32.7 Å². The number of hydrogen-bond donors (Lipinski definition) is 0. The highest BCUT2D eigenvalue weighted by atomic mass is 79.9. The molecule has 0 saturated heterocycles. The van der Waals surface area contributed by atoms with Gasteiger partial charge in [-0.2, -0.15) is 0 Å².